The van der Waals surface area contributed by atoms with E-state index in [9.17, 15) is 4.79 Å². The van der Waals surface area contributed by atoms with Crippen LogP contribution in [-0.2, 0) is 9.53 Å². The molecule has 0 N–H and O–H groups in total. The molecule has 0 unspecified atom stereocenters. The molecule has 2 bridgehead atoms. The SMILES string of the molecule is CC1(C)CCC[C@]2(C)[C@@H]1CC(=O)[C@@]13C[C@@H](CC[C@H]12)[C@@]1(CO1)C3. The molecule has 5 rings (SSSR count). The van der Waals surface area contributed by atoms with Crippen LogP contribution in [0.2, 0.25) is 0 Å². The first kappa shape index (κ1) is 14.0. The number of hydrogen-bond donors (Lipinski definition) is 0. The maximum atomic E-state index is 13.4. The molecule has 0 aromatic heterocycles. The van der Waals surface area contributed by atoms with E-state index in [2.05, 4.69) is 20.8 Å². The average molecular weight is 302 g/mol. The normalized spacial score (nSPS) is 58.3. The summed E-state index contributed by atoms with van der Waals surface area (Å²) in [6.45, 7) is 8.33. The third-order valence-electron chi connectivity index (χ3n) is 8.97. The van der Waals surface area contributed by atoms with E-state index in [-0.39, 0.29) is 11.0 Å². The molecule has 2 nitrogen and oxygen atoms in total. The number of Topliss-reactive ketones (excluding diaryl/α,β-unsaturated/α-hetero) is 1. The van der Waals surface area contributed by atoms with E-state index < -0.39 is 0 Å². The molecule has 5 fully saturated rings. The monoisotopic (exact) mass is 302 g/mol. The minimum atomic E-state index is -0.00190. The number of carbonyl (C=O) groups is 1. The van der Waals surface area contributed by atoms with E-state index in [0.29, 0.717) is 34.4 Å². The molecule has 4 aliphatic carbocycles. The molecule has 4 saturated carbocycles. The van der Waals surface area contributed by atoms with Gasteiger partial charge in [-0.25, -0.2) is 0 Å². The zero-order valence-electron chi connectivity index (χ0n) is 14.4. The van der Waals surface area contributed by atoms with Crippen molar-refractivity contribution in [1.82, 2.24) is 0 Å². The zero-order chi connectivity index (χ0) is 15.4. The van der Waals surface area contributed by atoms with Crippen LogP contribution < -0.4 is 0 Å². The summed E-state index contributed by atoms with van der Waals surface area (Å²) in [6, 6.07) is 0. The summed E-state index contributed by atoms with van der Waals surface area (Å²) in [5.41, 5.74) is 0.865. The second kappa shape index (κ2) is 3.82. The van der Waals surface area contributed by atoms with Gasteiger partial charge in [0.2, 0.25) is 0 Å². The van der Waals surface area contributed by atoms with Crippen LogP contribution in [0.1, 0.15) is 72.1 Å². The highest BCUT2D eigenvalue weighted by molar-refractivity contribution is 5.87. The summed E-state index contributed by atoms with van der Waals surface area (Å²) in [7, 11) is 0. The Morgan fingerprint density at radius 1 is 1.09 bits per heavy atom. The maximum Gasteiger partial charge on any atom is 0.139 e. The van der Waals surface area contributed by atoms with Crippen LogP contribution >= 0.6 is 0 Å². The number of epoxide rings is 1. The van der Waals surface area contributed by atoms with E-state index in [4.69, 9.17) is 4.74 Å². The summed E-state index contributed by atoms with van der Waals surface area (Å²) in [4.78, 5) is 13.4. The summed E-state index contributed by atoms with van der Waals surface area (Å²) in [5, 5.41) is 0. The molecule has 0 radical (unpaired) electrons. The Morgan fingerprint density at radius 3 is 2.59 bits per heavy atom. The second-order valence-corrected chi connectivity index (χ2v) is 10.2. The summed E-state index contributed by atoms with van der Waals surface area (Å²) in [5.74, 6) is 2.53. The van der Waals surface area contributed by atoms with Crippen molar-refractivity contribution in [3.05, 3.63) is 0 Å². The lowest BCUT2D eigenvalue weighted by Gasteiger charge is -2.62. The van der Waals surface area contributed by atoms with Crippen molar-refractivity contribution in [3.8, 4) is 0 Å². The number of fused-ring (bicyclic) bond motifs is 4. The first-order valence-corrected chi connectivity index (χ1v) is 9.50. The van der Waals surface area contributed by atoms with Crippen LogP contribution in [0.5, 0.6) is 0 Å². The molecule has 122 valence electrons. The Kier molecular flexibility index (Phi) is 2.43. The number of carbonyl (C=O) groups excluding carboxylic acids is 1. The van der Waals surface area contributed by atoms with Gasteiger partial charge in [-0.15, -0.1) is 0 Å². The number of rotatable bonds is 0. The Balaban J connectivity index is 1.60. The van der Waals surface area contributed by atoms with Crippen LogP contribution in [-0.4, -0.2) is 18.0 Å². The van der Waals surface area contributed by atoms with E-state index in [1.165, 1.54) is 32.1 Å². The van der Waals surface area contributed by atoms with Gasteiger partial charge in [-0.2, -0.15) is 0 Å². The van der Waals surface area contributed by atoms with Crippen molar-refractivity contribution in [2.75, 3.05) is 6.61 Å². The smallest absolute Gasteiger partial charge is 0.139 e. The van der Waals surface area contributed by atoms with Gasteiger partial charge in [0.25, 0.3) is 0 Å². The van der Waals surface area contributed by atoms with Crippen molar-refractivity contribution in [2.45, 2.75) is 77.7 Å². The Morgan fingerprint density at radius 2 is 1.86 bits per heavy atom. The lowest BCUT2D eigenvalue weighted by molar-refractivity contribution is -0.170. The average Bonchev–Trinajstić information content (AvgIpc) is 3.17. The molecule has 0 aromatic carbocycles. The van der Waals surface area contributed by atoms with Gasteiger partial charge in [0.05, 0.1) is 12.2 Å². The lowest BCUT2D eigenvalue weighted by atomic mass is 9.41. The molecule has 1 saturated heterocycles. The Bertz CT molecular complexity index is 546. The van der Waals surface area contributed by atoms with Gasteiger partial charge < -0.3 is 4.74 Å². The Labute approximate surface area is 134 Å². The van der Waals surface area contributed by atoms with Gasteiger partial charge in [-0.3, -0.25) is 4.79 Å². The van der Waals surface area contributed by atoms with Gasteiger partial charge in [0.15, 0.2) is 0 Å². The van der Waals surface area contributed by atoms with Gasteiger partial charge >= 0.3 is 0 Å². The van der Waals surface area contributed by atoms with Crippen LogP contribution in [0.3, 0.4) is 0 Å². The van der Waals surface area contributed by atoms with Gasteiger partial charge in [-0.05, 0) is 67.1 Å². The predicted molar refractivity (Wildman–Crippen MR) is 85.4 cm³/mol. The second-order valence-electron chi connectivity index (χ2n) is 10.2. The van der Waals surface area contributed by atoms with E-state index in [1.807, 2.05) is 0 Å². The van der Waals surface area contributed by atoms with Crippen molar-refractivity contribution in [1.29, 1.82) is 0 Å². The first-order chi connectivity index (χ1) is 10.3. The van der Waals surface area contributed by atoms with Crippen LogP contribution in [0.25, 0.3) is 0 Å². The molecule has 0 amide bonds. The first-order valence-electron chi connectivity index (χ1n) is 9.50. The minimum absolute atomic E-state index is 0.00190. The molecular formula is C20H30O2. The fraction of sp³-hybridized carbons (Fsp3) is 0.950. The standard InChI is InChI=1S/C20H30O2/c1-17(2)7-4-8-18(3)14-6-5-13-10-19(14,11-20(13)12-22-20)16(21)9-15(17)18/h13-15H,4-12H2,1-3H3/t13-,14+,15-,18+,19-,20+/m1/s1. The highest BCUT2D eigenvalue weighted by Gasteiger charge is 2.73. The Hall–Kier alpha value is -0.370. The molecule has 6 atom stereocenters. The summed E-state index contributed by atoms with van der Waals surface area (Å²) < 4.78 is 5.92. The van der Waals surface area contributed by atoms with Crippen molar-refractivity contribution >= 4 is 5.78 Å². The van der Waals surface area contributed by atoms with E-state index in [1.54, 1.807) is 0 Å². The summed E-state index contributed by atoms with van der Waals surface area (Å²) in [6.07, 6.45) is 9.66. The molecule has 2 spiro atoms. The quantitative estimate of drug-likeness (QED) is 0.622. The minimum Gasteiger partial charge on any atom is -0.369 e. The fourth-order valence-corrected chi connectivity index (χ4v) is 7.93. The lowest BCUT2D eigenvalue weighted by Crippen LogP contribution is -2.59. The number of ketones is 1. The van der Waals surface area contributed by atoms with E-state index in [0.717, 1.165) is 25.9 Å². The third-order valence-corrected chi connectivity index (χ3v) is 8.97. The third kappa shape index (κ3) is 1.45. The molecule has 0 aromatic rings. The summed E-state index contributed by atoms with van der Waals surface area (Å²) >= 11 is 0. The predicted octanol–water partition coefficient (Wildman–Crippen LogP) is 4.37. The molecular weight excluding hydrogens is 272 g/mol. The van der Waals surface area contributed by atoms with Crippen LogP contribution in [0.15, 0.2) is 0 Å². The molecule has 1 aliphatic heterocycles. The van der Waals surface area contributed by atoms with Gasteiger partial charge in [0, 0.05) is 11.8 Å². The highest BCUT2D eigenvalue weighted by atomic mass is 16.6. The molecule has 5 aliphatic rings. The van der Waals surface area contributed by atoms with Crippen LogP contribution in [0, 0.1) is 34.0 Å². The van der Waals surface area contributed by atoms with Gasteiger partial charge in [-0.1, -0.05) is 27.2 Å². The van der Waals surface area contributed by atoms with Gasteiger partial charge in [0.1, 0.15) is 5.78 Å². The fourth-order valence-electron chi connectivity index (χ4n) is 7.93. The largest absolute Gasteiger partial charge is 0.369 e. The molecule has 22 heavy (non-hydrogen) atoms. The van der Waals surface area contributed by atoms with Crippen molar-refractivity contribution in [3.63, 3.8) is 0 Å². The van der Waals surface area contributed by atoms with Crippen molar-refractivity contribution < 1.29 is 9.53 Å². The zero-order valence-corrected chi connectivity index (χ0v) is 14.4. The molecule has 1 heterocycles. The van der Waals surface area contributed by atoms with Crippen LogP contribution in [0.4, 0.5) is 0 Å². The highest BCUT2D eigenvalue weighted by Crippen LogP contribution is 2.73. The van der Waals surface area contributed by atoms with E-state index >= 15 is 0 Å². The number of hydrogen-bond acceptors (Lipinski definition) is 2. The maximum absolute atomic E-state index is 13.4. The number of ether oxygens (including phenoxy) is 1. The van der Waals surface area contributed by atoms with Crippen molar-refractivity contribution in [2.24, 2.45) is 34.0 Å². The topological polar surface area (TPSA) is 29.6 Å². The molecule has 2 heteroatoms.